The van der Waals surface area contributed by atoms with E-state index in [2.05, 4.69) is 67.2 Å². The van der Waals surface area contributed by atoms with Crippen molar-refractivity contribution >= 4 is 0 Å². The number of hydrogen-bond donors (Lipinski definition) is 0. The van der Waals surface area contributed by atoms with Gasteiger partial charge in [-0.25, -0.2) is 0 Å². The smallest absolute Gasteiger partial charge is 0.0452 e. The molecule has 2 rings (SSSR count). The summed E-state index contributed by atoms with van der Waals surface area (Å²) in [6.07, 6.45) is 5.35. The van der Waals surface area contributed by atoms with Gasteiger partial charge in [0.15, 0.2) is 0 Å². The van der Waals surface area contributed by atoms with E-state index in [1.165, 1.54) is 17.7 Å². The minimum absolute atomic E-state index is 0.639. The zero-order chi connectivity index (χ0) is 10.7. The minimum Gasteiger partial charge on any atom is -0.324 e. The summed E-state index contributed by atoms with van der Waals surface area (Å²) in [6.45, 7) is 4.50. The van der Waals surface area contributed by atoms with Crippen molar-refractivity contribution in [3.8, 4) is 5.69 Å². The van der Waals surface area contributed by atoms with Crippen LogP contribution in [-0.2, 0) is 0 Å². The Morgan fingerprint density at radius 1 is 1.13 bits per heavy atom. The average Bonchev–Trinajstić information content (AvgIpc) is 2.82. The molecule has 1 nitrogen and oxygen atoms in total. The van der Waals surface area contributed by atoms with Crippen molar-refractivity contribution in [2.45, 2.75) is 26.2 Å². The third-order valence-electron chi connectivity index (χ3n) is 2.95. The molecule has 1 heteroatoms. The molecule has 0 fully saturated rings. The van der Waals surface area contributed by atoms with E-state index in [0.717, 1.165) is 0 Å². The van der Waals surface area contributed by atoms with E-state index in [4.69, 9.17) is 0 Å². The Kier molecular flexibility index (Phi) is 2.91. The summed E-state index contributed by atoms with van der Waals surface area (Å²) in [5.74, 6) is 0.639. The van der Waals surface area contributed by atoms with Gasteiger partial charge < -0.3 is 4.57 Å². The van der Waals surface area contributed by atoms with Crippen LogP contribution in [0.1, 0.15) is 31.7 Å². The second-order valence-electron chi connectivity index (χ2n) is 3.99. The highest BCUT2D eigenvalue weighted by Crippen LogP contribution is 2.21. The van der Waals surface area contributed by atoms with Gasteiger partial charge in [0.05, 0.1) is 0 Å². The fraction of sp³-hybridized carbons (Fsp3) is 0.286. The molecule has 2 aromatic rings. The summed E-state index contributed by atoms with van der Waals surface area (Å²) in [5, 5.41) is 0. The molecule has 15 heavy (non-hydrogen) atoms. The molecular formula is C14H17N. The van der Waals surface area contributed by atoms with Crippen LogP contribution in [0, 0.1) is 0 Å². The van der Waals surface area contributed by atoms with Gasteiger partial charge >= 0.3 is 0 Å². The van der Waals surface area contributed by atoms with Crippen molar-refractivity contribution in [2.75, 3.05) is 0 Å². The van der Waals surface area contributed by atoms with Crippen LogP contribution >= 0.6 is 0 Å². The van der Waals surface area contributed by atoms with Gasteiger partial charge in [0.25, 0.3) is 0 Å². The molecule has 0 radical (unpaired) electrons. The number of rotatable bonds is 3. The van der Waals surface area contributed by atoms with E-state index in [1.54, 1.807) is 0 Å². The summed E-state index contributed by atoms with van der Waals surface area (Å²) < 4.78 is 2.14. The van der Waals surface area contributed by atoms with Gasteiger partial charge in [-0.05, 0) is 42.2 Å². The largest absolute Gasteiger partial charge is 0.324 e. The van der Waals surface area contributed by atoms with Crippen molar-refractivity contribution in [3.05, 3.63) is 54.4 Å². The van der Waals surface area contributed by atoms with E-state index >= 15 is 0 Å². The zero-order valence-electron chi connectivity index (χ0n) is 9.35. The van der Waals surface area contributed by atoms with Gasteiger partial charge in [-0.15, -0.1) is 0 Å². The lowest BCUT2D eigenvalue weighted by Crippen LogP contribution is -1.95. The first-order chi connectivity index (χ1) is 7.31. The normalized spacial score (nSPS) is 12.7. The first kappa shape index (κ1) is 10.0. The first-order valence-electron chi connectivity index (χ1n) is 5.54. The van der Waals surface area contributed by atoms with Crippen LogP contribution in [0.4, 0.5) is 0 Å². The quantitative estimate of drug-likeness (QED) is 0.704. The highest BCUT2D eigenvalue weighted by Gasteiger charge is 2.03. The molecule has 1 atom stereocenters. The monoisotopic (exact) mass is 199 g/mol. The van der Waals surface area contributed by atoms with Crippen LogP contribution in [0.25, 0.3) is 5.69 Å². The molecule has 0 saturated carbocycles. The molecular weight excluding hydrogens is 182 g/mol. The highest BCUT2D eigenvalue weighted by molar-refractivity contribution is 5.37. The Balaban J connectivity index is 2.35. The molecule has 0 aliphatic rings. The Labute approximate surface area is 91.4 Å². The van der Waals surface area contributed by atoms with Crippen LogP contribution in [0.5, 0.6) is 0 Å². The molecule has 0 spiro atoms. The maximum atomic E-state index is 2.27. The Morgan fingerprint density at radius 2 is 1.87 bits per heavy atom. The van der Waals surface area contributed by atoms with Gasteiger partial charge in [0.2, 0.25) is 0 Å². The lowest BCUT2D eigenvalue weighted by molar-refractivity contribution is 0.732. The summed E-state index contributed by atoms with van der Waals surface area (Å²) in [7, 11) is 0. The standard InChI is InChI=1S/C14H17N/c1-3-12(2)13-7-6-8-14(11-13)15-9-4-5-10-15/h4-12H,3H2,1-2H3. The molecule has 0 amide bonds. The molecule has 0 aliphatic heterocycles. The van der Waals surface area contributed by atoms with Crippen molar-refractivity contribution in [1.29, 1.82) is 0 Å². The Hall–Kier alpha value is -1.50. The van der Waals surface area contributed by atoms with Crippen LogP contribution in [-0.4, -0.2) is 4.57 Å². The topological polar surface area (TPSA) is 4.93 Å². The second kappa shape index (κ2) is 4.35. The third-order valence-corrected chi connectivity index (χ3v) is 2.95. The molecule has 0 bridgehead atoms. The third kappa shape index (κ3) is 2.12. The van der Waals surface area contributed by atoms with Gasteiger partial charge in [-0.2, -0.15) is 0 Å². The molecule has 78 valence electrons. The van der Waals surface area contributed by atoms with Crippen LogP contribution < -0.4 is 0 Å². The number of benzene rings is 1. The molecule has 0 aliphatic carbocycles. The molecule has 1 heterocycles. The Bertz CT molecular complexity index is 415. The van der Waals surface area contributed by atoms with Crippen molar-refractivity contribution in [1.82, 2.24) is 4.57 Å². The van der Waals surface area contributed by atoms with E-state index in [1.807, 2.05) is 0 Å². The Morgan fingerprint density at radius 3 is 2.53 bits per heavy atom. The van der Waals surface area contributed by atoms with Crippen LogP contribution in [0.2, 0.25) is 0 Å². The lowest BCUT2D eigenvalue weighted by Gasteiger charge is -2.11. The number of aromatic nitrogens is 1. The molecule has 0 N–H and O–H groups in total. The molecule has 1 unspecified atom stereocenters. The second-order valence-corrected chi connectivity index (χ2v) is 3.99. The predicted octanol–water partition coefficient (Wildman–Crippen LogP) is 3.99. The van der Waals surface area contributed by atoms with Crippen LogP contribution in [0.15, 0.2) is 48.8 Å². The van der Waals surface area contributed by atoms with E-state index in [0.29, 0.717) is 5.92 Å². The fourth-order valence-electron chi connectivity index (χ4n) is 1.73. The predicted molar refractivity (Wildman–Crippen MR) is 64.5 cm³/mol. The van der Waals surface area contributed by atoms with Crippen LogP contribution in [0.3, 0.4) is 0 Å². The molecule has 0 saturated heterocycles. The van der Waals surface area contributed by atoms with Crippen molar-refractivity contribution in [2.24, 2.45) is 0 Å². The fourth-order valence-corrected chi connectivity index (χ4v) is 1.73. The SMILES string of the molecule is CCC(C)c1cccc(-n2cccc2)c1. The van der Waals surface area contributed by atoms with E-state index in [-0.39, 0.29) is 0 Å². The van der Waals surface area contributed by atoms with Gasteiger partial charge in [0.1, 0.15) is 0 Å². The van der Waals surface area contributed by atoms with Crippen molar-refractivity contribution < 1.29 is 0 Å². The maximum absolute atomic E-state index is 2.27. The van der Waals surface area contributed by atoms with Gasteiger partial charge in [-0.3, -0.25) is 0 Å². The maximum Gasteiger partial charge on any atom is 0.0452 e. The zero-order valence-corrected chi connectivity index (χ0v) is 9.35. The summed E-state index contributed by atoms with van der Waals surface area (Å²) in [4.78, 5) is 0. The van der Waals surface area contributed by atoms with E-state index < -0.39 is 0 Å². The average molecular weight is 199 g/mol. The minimum atomic E-state index is 0.639. The van der Waals surface area contributed by atoms with Gasteiger partial charge in [0, 0.05) is 18.1 Å². The first-order valence-corrected chi connectivity index (χ1v) is 5.54. The highest BCUT2D eigenvalue weighted by atomic mass is 14.9. The molecule has 1 aromatic heterocycles. The van der Waals surface area contributed by atoms with Crippen molar-refractivity contribution in [3.63, 3.8) is 0 Å². The molecule has 1 aromatic carbocycles. The summed E-state index contributed by atoms with van der Waals surface area (Å²) in [6, 6.07) is 12.9. The van der Waals surface area contributed by atoms with Gasteiger partial charge in [-0.1, -0.05) is 26.0 Å². The summed E-state index contributed by atoms with van der Waals surface area (Å²) >= 11 is 0. The lowest BCUT2D eigenvalue weighted by atomic mass is 9.98. The number of nitrogens with zero attached hydrogens (tertiary/aromatic N) is 1. The van der Waals surface area contributed by atoms with E-state index in [9.17, 15) is 0 Å². The summed E-state index contributed by atoms with van der Waals surface area (Å²) in [5.41, 5.74) is 2.67. The number of hydrogen-bond acceptors (Lipinski definition) is 0.